The molecule has 0 unspecified atom stereocenters. The summed E-state index contributed by atoms with van der Waals surface area (Å²) in [4.78, 5) is 28.3. The molecule has 3 N–H and O–H groups in total. The molecule has 1 aromatic carbocycles. The van der Waals surface area contributed by atoms with Gasteiger partial charge in [-0.05, 0) is 18.2 Å². The topological polar surface area (TPSA) is 114 Å². The van der Waals surface area contributed by atoms with Gasteiger partial charge >= 0.3 is 5.69 Å². The SMILES string of the molecule is O=C(Nc1ccn([C@H]2CC=C[C@H](O)[C@@H](CO)O2)c(=O)n1)c1ccccc1. The zero-order valence-electron chi connectivity index (χ0n) is 13.9. The minimum Gasteiger partial charge on any atom is -0.394 e. The number of aliphatic hydroxyl groups is 2. The van der Waals surface area contributed by atoms with Gasteiger partial charge in [-0.25, -0.2) is 4.79 Å². The van der Waals surface area contributed by atoms with E-state index in [-0.39, 0.29) is 18.3 Å². The third kappa shape index (κ3) is 4.05. The molecule has 2 heterocycles. The molecule has 0 aliphatic carbocycles. The van der Waals surface area contributed by atoms with E-state index in [9.17, 15) is 19.8 Å². The second-order valence-electron chi connectivity index (χ2n) is 5.79. The van der Waals surface area contributed by atoms with Gasteiger partial charge in [0.25, 0.3) is 5.91 Å². The van der Waals surface area contributed by atoms with Gasteiger partial charge in [0, 0.05) is 18.2 Å². The third-order valence-electron chi connectivity index (χ3n) is 3.98. The number of anilines is 1. The van der Waals surface area contributed by atoms with E-state index in [1.807, 2.05) is 0 Å². The third-order valence-corrected chi connectivity index (χ3v) is 3.98. The summed E-state index contributed by atoms with van der Waals surface area (Å²) in [6, 6.07) is 10.1. The highest BCUT2D eigenvalue weighted by molar-refractivity contribution is 6.03. The highest BCUT2D eigenvalue weighted by Crippen LogP contribution is 2.21. The normalized spacial score (nSPS) is 22.6. The number of amides is 1. The molecule has 1 aliphatic rings. The van der Waals surface area contributed by atoms with E-state index >= 15 is 0 Å². The molecule has 26 heavy (non-hydrogen) atoms. The van der Waals surface area contributed by atoms with Crippen LogP contribution in [0.25, 0.3) is 0 Å². The number of hydrogen-bond acceptors (Lipinski definition) is 6. The predicted molar refractivity (Wildman–Crippen MR) is 93.7 cm³/mol. The Morgan fingerprint density at radius 2 is 2.08 bits per heavy atom. The van der Waals surface area contributed by atoms with Crippen LogP contribution in [-0.2, 0) is 4.74 Å². The van der Waals surface area contributed by atoms with Crippen LogP contribution in [0.4, 0.5) is 5.82 Å². The van der Waals surface area contributed by atoms with Gasteiger partial charge in [0.2, 0.25) is 0 Å². The maximum atomic E-state index is 12.3. The zero-order valence-corrected chi connectivity index (χ0v) is 13.9. The Labute approximate surface area is 149 Å². The Hall–Kier alpha value is -2.81. The number of rotatable bonds is 4. The van der Waals surface area contributed by atoms with Crippen molar-refractivity contribution in [2.75, 3.05) is 11.9 Å². The summed E-state index contributed by atoms with van der Waals surface area (Å²) in [6.07, 6.45) is 2.52. The van der Waals surface area contributed by atoms with Crippen LogP contribution in [0.2, 0.25) is 0 Å². The number of aromatic nitrogens is 2. The molecule has 2 aromatic rings. The second-order valence-corrected chi connectivity index (χ2v) is 5.79. The summed E-state index contributed by atoms with van der Waals surface area (Å²) in [6.45, 7) is -0.380. The number of ether oxygens (including phenoxy) is 1. The average molecular weight is 357 g/mol. The van der Waals surface area contributed by atoms with E-state index in [2.05, 4.69) is 10.3 Å². The summed E-state index contributed by atoms with van der Waals surface area (Å²) in [5.74, 6) is -0.240. The van der Waals surface area contributed by atoms with Crippen molar-refractivity contribution in [3.05, 3.63) is 70.8 Å². The van der Waals surface area contributed by atoms with Crippen molar-refractivity contribution in [2.24, 2.45) is 0 Å². The molecule has 136 valence electrons. The number of nitrogens with one attached hydrogen (secondary N) is 1. The molecule has 0 fully saturated rings. The fourth-order valence-corrected chi connectivity index (χ4v) is 2.61. The lowest BCUT2D eigenvalue weighted by molar-refractivity contribution is -0.107. The quantitative estimate of drug-likeness (QED) is 0.694. The standard InChI is InChI=1S/C18H19N3O5/c22-11-14-13(23)7-4-8-16(26-14)21-10-9-15(20-18(21)25)19-17(24)12-5-2-1-3-6-12/h1-7,9-10,13-14,16,22-23H,8,11H2,(H,19,20,24,25)/t13-,14+,16+/m0/s1. The molecular weight excluding hydrogens is 338 g/mol. The Bertz CT molecular complexity index is 849. The predicted octanol–water partition coefficient (Wildman–Crippen LogP) is 0.692. The lowest BCUT2D eigenvalue weighted by atomic mass is 10.2. The zero-order chi connectivity index (χ0) is 18.5. The van der Waals surface area contributed by atoms with Gasteiger partial charge in [-0.3, -0.25) is 9.36 Å². The van der Waals surface area contributed by atoms with E-state index in [1.54, 1.807) is 36.4 Å². The van der Waals surface area contributed by atoms with Crippen LogP contribution in [0.1, 0.15) is 23.0 Å². The van der Waals surface area contributed by atoms with E-state index < -0.39 is 24.1 Å². The molecule has 0 saturated carbocycles. The molecule has 1 amide bonds. The fourth-order valence-electron chi connectivity index (χ4n) is 2.61. The monoisotopic (exact) mass is 357 g/mol. The summed E-state index contributed by atoms with van der Waals surface area (Å²) < 4.78 is 6.86. The smallest absolute Gasteiger partial charge is 0.351 e. The van der Waals surface area contributed by atoms with Crippen LogP contribution >= 0.6 is 0 Å². The Morgan fingerprint density at radius 3 is 2.77 bits per heavy atom. The number of hydrogen-bond donors (Lipinski definition) is 3. The van der Waals surface area contributed by atoms with Crippen molar-refractivity contribution in [3.63, 3.8) is 0 Å². The molecule has 3 rings (SSSR count). The first-order valence-corrected chi connectivity index (χ1v) is 8.15. The maximum absolute atomic E-state index is 12.3. The molecule has 0 spiro atoms. The minimum absolute atomic E-state index is 0.128. The number of benzene rings is 1. The summed E-state index contributed by atoms with van der Waals surface area (Å²) in [5, 5.41) is 21.7. The fraction of sp³-hybridized carbons (Fsp3) is 0.278. The first-order chi connectivity index (χ1) is 12.6. The Morgan fingerprint density at radius 1 is 1.31 bits per heavy atom. The molecule has 8 heteroatoms. The molecule has 1 aromatic heterocycles. The minimum atomic E-state index is -0.946. The Balaban J connectivity index is 1.76. The van der Waals surface area contributed by atoms with E-state index in [4.69, 9.17) is 4.74 Å². The van der Waals surface area contributed by atoms with Gasteiger partial charge in [-0.1, -0.05) is 30.4 Å². The number of carbonyl (C=O) groups is 1. The van der Waals surface area contributed by atoms with Crippen LogP contribution in [0, 0.1) is 0 Å². The highest BCUT2D eigenvalue weighted by atomic mass is 16.5. The van der Waals surface area contributed by atoms with E-state index in [0.717, 1.165) is 0 Å². The number of carbonyl (C=O) groups excluding carboxylic acids is 1. The second kappa shape index (κ2) is 8.05. The number of aliphatic hydroxyl groups excluding tert-OH is 2. The lowest BCUT2D eigenvalue weighted by Gasteiger charge is -2.24. The summed E-state index contributed by atoms with van der Waals surface area (Å²) >= 11 is 0. The molecule has 0 saturated heterocycles. The van der Waals surface area contributed by atoms with Crippen LogP contribution < -0.4 is 11.0 Å². The van der Waals surface area contributed by atoms with Crippen molar-refractivity contribution in [1.82, 2.24) is 9.55 Å². The Kier molecular flexibility index (Phi) is 5.57. The van der Waals surface area contributed by atoms with Crippen LogP contribution in [0.3, 0.4) is 0 Å². The van der Waals surface area contributed by atoms with Crippen LogP contribution in [-0.4, -0.2) is 44.5 Å². The summed E-state index contributed by atoms with van der Waals surface area (Å²) in [5.41, 5.74) is -0.155. The van der Waals surface area contributed by atoms with Gasteiger partial charge in [0.1, 0.15) is 24.3 Å². The van der Waals surface area contributed by atoms with E-state index in [1.165, 1.54) is 22.9 Å². The van der Waals surface area contributed by atoms with Crippen molar-refractivity contribution >= 4 is 11.7 Å². The van der Waals surface area contributed by atoms with Gasteiger partial charge in [0.15, 0.2) is 0 Å². The average Bonchev–Trinajstić information content (AvgIpc) is 2.84. The van der Waals surface area contributed by atoms with Crippen LogP contribution in [0.15, 0.2) is 59.5 Å². The van der Waals surface area contributed by atoms with Crippen molar-refractivity contribution < 1.29 is 19.7 Å². The van der Waals surface area contributed by atoms with Gasteiger partial charge in [-0.2, -0.15) is 4.98 Å². The van der Waals surface area contributed by atoms with E-state index in [0.29, 0.717) is 12.0 Å². The molecule has 3 atom stereocenters. The van der Waals surface area contributed by atoms with Crippen molar-refractivity contribution in [2.45, 2.75) is 24.9 Å². The maximum Gasteiger partial charge on any atom is 0.351 e. The van der Waals surface area contributed by atoms with Gasteiger partial charge in [0.05, 0.1) is 6.61 Å². The van der Waals surface area contributed by atoms with Crippen molar-refractivity contribution in [3.8, 4) is 0 Å². The lowest BCUT2D eigenvalue weighted by Crippen LogP contribution is -2.35. The number of nitrogens with zero attached hydrogens (tertiary/aromatic N) is 2. The molecule has 8 nitrogen and oxygen atoms in total. The first kappa shape index (κ1) is 18.0. The molecular formula is C18H19N3O5. The van der Waals surface area contributed by atoms with Gasteiger partial charge < -0.3 is 20.3 Å². The molecule has 1 aliphatic heterocycles. The van der Waals surface area contributed by atoms with Crippen molar-refractivity contribution in [1.29, 1.82) is 0 Å². The molecule has 0 radical (unpaired) electrons. The first-order valence-electron chi connectivity index (χ1n) is 8.15. The largest absolute Gasteiger partial charge is 0.394 e. The highest BCUT2D eigenvalue weighted by Gasteiger charge is 2.25. The van der Waals surface area contributed by atoms with Crippen LogP contribution in [0.5, 0.6) is 0 Å². The molecule has 0 bridgehead atoms. The summed E-state index contributed by atoms with van der Waals surface area (Å²) in [7, 11) is 0. The van der Waals surface area contributed by atoms with Gasteiger partial charge in [-0.15, -0.1) is 0 Å².